The summed E-state index contributed by atoms with van der Waals surface area (Å²) in [5, 5.41) is 8.82. The van der Waals surface area contributed by atoms with Crippen molar-refractivity contribution in [2.45, 2.75) is 25.7 Å². The lowest BCUT2D eigenvalue weighted by molar-refractivity contribution is 0.0691. The molecular weight excluding hydrogens is 180 g/mol. The second-order valence-electron chi connectivity index (χ2n) is 3.54. The van der Waals surface area contributed by atoms with Gasteiger partial charge in [0, 0.05) is 5.69 Å². The van der Waals surface area contributed by atoms with Crippen molar-refractivity contribution in [3.8, 4) is 0 Å². The molecule has 0 saturated heterocycles. The van der Waals surface area contributed by atoms with E-state index >= 15 is 0 Å². The van der Waals surface area contributed by atoms with E-state index in [0.29, 0.717) is 0 Å². The van der Waals surface area contributed by atoms with E-state index in [1.54, 1.807) is 6.07 Å². The molecule has 0 unspecified atom stereocenters. The van der Waals surface area contributed by atoms with Crippen molar-refractivity contribution in [3.05, 3.63) is 23.0 Å². The summed E-state index contributed by atoms with van der Waals surface area (Å²) in [7, 11) is 0. The minimum atomic E-state index is -1.05. The van der Waals surface area contributed by atoms with Crippen LogP contribution in [0, 0.1) is 0 Å². The third-order valence-corrected chi connectivity index (χ3v) is 2.53. The van der Waals surface area contributed by atoms with Gasteiger partial charge >= 0.3 is 5.97 Å². The molecule has 4 nitrogen and oxygen atoms in total. The van der Waals surface area contributed by atoms with Gasteiger partial charge in [0.2, 0.25) is 0 Å². The Labute approximate surface area is 81.8 Å². The molecule has 74 valence electrons. The van der Waals surface area contributed by atoms with E-state index in [2.05, 4.69) is 4.98 Å². The molecular formula is C10H12N2O2. The van der Waals surface area contributed by atoms with E-state index in [1.807, 2.05) is 0 Å². The Bertz CT molecular complexity index is 388. The highest BCUT2D eigenvalue weighted by molar-refractivity contribution is 5.91. The Hall–Kier alpha value is -1.58. The molecule has 0 spiro atoms. The maximum absolute atomic E-state index is 10.8. The van der Waals surface area contributed by atoms with Gasteiger partial charge in [-0.05, 0) is 37.3 Å². The molecule has 2 rings (SSSR count). The van der Waals surface area contributed by atoms with E-state index in [4.69, 9.17) is 10.8 Å². The molecule has 1 aromatic rings. The summed E-state index contributed by atoms with van der Waals surface area (Å²) < 4.78 is 0. The lowest BCUT2D eigenvalue weighted by Gasteiger charge is -2.15. The monoisotopic (exact) mass is 192 g/mol. The Morgan fingerprint density at radius 3 is 2.86 bits per heavy atom. The van der Waals surface area contributed by atoms with Gasteiger partial charge in [-0.15, -0.1) is 0 Å². The topological polar surface area (TPSA) is 76.2 Å². The normalized spacial score (nSPS) is 14.9. The number of hydrogen-bond donors (Lipinski definition) is 2. The first kappa shape index (κ1) is 8.99. The van der Waals surface area contributed by atoms with Gasteiger partial charge in [0.15, 0.2) is 5.69 Å². The van der Waals surface area contributed by atoms with Crippen molar-refractivity contribution in [1.29, 1.82) is 0 Å². The van der Waals surface area contributed by atoms with Gasteiger partial charge in [-0.1, -0.05) is 0 Å². The summed E-state index contributed by atoms with van der Waals surface area (Å²) >= 11 is 0. The predicted octanol–water partition coefficient (Wildman–Crippen LogP) is 1.24. The Kier molecular flexibility index (Phi) is 2.11. The van der Waals surface area contributed by atoms with Gasteiger partial charge in [-0.2, -0.15) is 0 Å². The lowest BCUT2D eigenvalue weighted by Crippen LogP contribution is -2.13. The zero-order valence-electron chi connectivity index (χ0n) is 7.79. The van der Waals surface area contributed by atoms with Crippen LogP contribution in [0.15, 0.2) is 6.07 Å². The molecule has 0 amide bonds. The van der Waals surface area contributed by atoms with Gasteiger partial charge in [0.1, 0.15) is 0 Å². The summed E-state index contributed by atoms with van der Waals surface area (Å²) in [6.07, 6.45) is 4.06. The molecule has 4 heteroatoms. The van der Waals surface area contributed by atoms with Crippen LogP contribution in [-0.2, 0) is 12.8 Å². The van der Waals surface area contributed by atoms with Gasteiger partial charge in [0.25, 0.3) is 0 Å². The van der Waals surface area contributed by atoms with Gasteiger partial charge in [-0.25, -0.2) is 9.78 Å². The first-order valence-corrected chi connectivity index (χ1v) is 4.70. The number of rotatable bonds is 1. The molecule has 0 atom stereocenters. The minimum Gasteiger partial charge on any atom is -0.476 e. The average molecular weight is 192 g/mol. The van der Waals surface area contributed by atoms with Crippen molar-refractivity contribution in [1.82, 2.24) is 4.98 Å². The molecule has 0 saturated carbocycles. The number of aromatic nitrogens is 1. The number of nitrogens with zero attached hydrogens (tertiary/aromatic N) is 1. The molecule has 0 aromatic carbocycles. The average Bonchev–Trinajstić information content (AvgIpc) is 2.16. The zero-order valence-corrected chi connectivity index (χ0v) is 7.79. The number of carboxylic acids is 1. The third kappa shape index (κ3) is 1.43. The summed E-state index contributed by atoms with van der Waals surface area (Å²) in [5.41, 5.74) is 7.89. The van der Waals surface area contributed by atoms with Crippen LogP contribution in [0.25, 0.3) is 0 Å². The zero-order chi connectivity index (χ0) is 10.1. The molecule has 1 heterocycles. The summed E-state index contributed by atoms with van der Waals surface area (Å²) in [6.45, 7) is 0. The van der Waals surface area contributed by atoms with Crippen molar-refractivity contribution >= 4 is 11.7 Å². The van der Waals surface area contributed by atoms with Crippen LogP contribution in [0.2, 0.25) is 0 Å². The Morgan fingerprint density at radius 2 is 2.14 bits per heavy atom. The summed E-state index contributed by atoms with van der Waals surface area (Å²) in [6, 6.07) is 1.75. The fourth-order valence-electron chi connectivity index (χ4n) is 1.82. The fourth-order valence-corrected chi connectivity index (χ4v) is 1.82. The SMILES string of the molecule is Nc1cc2c(nc1C(=O)O)CCCC2. The molecule has 1 aliphatic rings. The molecule has 1 aromatic heterocycles. The number of nitrogen functional groups attached to an aromatic ring is 1. The smallest absolute Gasteiger partial charge is 0.356 e. The number of pyridine rings is 1. The number of aromatic carboxylic acids is 1. The minimum absolute atomic E-state index is 0.00866. The number of aryl methyl sites for hydroxylation is 2. The van der Waals surface area contributed by atoms with Gasteiger partial charge < -0.3 is 10.8 Å². The Morgan fingerprint density at radius 1 is 1.43 bits per heavy atom. The van der Waals surface area contributed by atoms with Crippen LogP contribution in [-0.4, -0.2) is 16.1 Å². The van der Waals surface area contributed by atoms with Crippen molar-refractivity contribution in [3.63, 3.8) is 0 Å². The fraction of sp³-hybridized carbons (Fsp3) is 0.400. The second-order valence-corrected chi connectivity index (χ2v) is 3.54. The van der Waals surface area contributed by atoms with Gasteiger partial charge in [0.05, 0.1) is 5.69 Å². The summed E-state index contributed by atoms with van der Waals surface area (Å²) in [4.78, 5) is 14.9. The van der Waals surface area contributed by atoms with Crippen molar-refractivity contribution in [2.75, 3.05) is 5.73 Å². The molecule has 0 aliphatic heterocycles. The number of carboxylic acid groups (broad SMARTS) is 1. The van der Waals surface area contributed by atoms with Crippen molar-refractivity contribution in [2.24, 2.45) is 0 Å². The molecule has 0 radical (unpaired) electrons. The van der Waals surface area contributed by atoms with E-state index in [-0.39, 0.29) is 11.4 Å². The standard InChI is InChI=1S/C10H12N2O2/c11-7-5-6-3-1-2-4-8(6)12-9(7)10(13)14/h5H,1-4,11H2,(H,13,14). The first-order valence-electron chi connectivity index (χ1n) is 4.70. The second kappa shape index (κ2) is 3.29. The highest BCUT2D eigenvalue weighted by Crippen LogP contribution is 2.23. The number of carbonyl (C=O) groups is 1. The highest BCUT2D eigenvalue weighted by atomic mass is 16.4. The lowest BCUT2D eigenvalue weighted by atomic mass is 9.95. The number of hydrogen-bond acceptors (Lipinski definition) is 3. The van der Waals surface area contributed by atoms with Crippen LogP contribution in [0.5, 0.6) is 0 Å². The quantitative estimate of drug-likeness (QED) is 0.701. The van der Waals surface area contributed by atoms with Crippen LogP contribution in [0.3, 0.4) is 0 Å². The molecule has 1 aliphatic carbocycles. The molecule has 0 bridgehead atoms. The van der Waals surface area contributed by atoms with Crippen LogP contribution in [0.4, 0.5) is 5.69 Å². The Balaban J connectivity index is 2.50. The van der Waals surface area contributed by atoms with E-state index in [9.17, 15) is 4.79 Å². The first-order chi connectivity index (χ1) is 6.68. The maximum Gasteiger partial charge on any atom is 0.356 e. The van der Waals surface area contributed by atoms with E-state index < -0.39 is 5.97 Å². The number of fused-ring (bicyclic) bond motifs is 1. The van der Waals surface area contributed by atoms with E-state index in [0.717, 1.165) is 36.9 Å². The highest BCUT2D eigenvalue weighted by Gasteiger charge is 2.16. The largest absolute Gasteiger partial charge is 0.476 e. The summed E-state index contributed by atoms with van der Waals surface area (Å²) in [5.74, 6) is -1.05. The molecule has 0 fully saturated rings. The molecule has 14 heavy (non-hydrogen) atoms. The van der Waals surface area contributed by atoms with Gasteiger partial charge in [-0.3, -0.25) is 0 Å². The maximum atomic E-state index is 10.8. The van der Waals surface area contributed by atoms with E-state index in [1.165, 1.54) is 0 Å². The van der Waals surface area contributed by atoms with Crippen molar-refractivity contribution < 1.29 is 9.90 Å². The van der Waals surface area contributed by atoms with Crippen LogP contribution >= 0.6 is 0 Å². The number of anilines is 1. The van der Waals surface area contributed by atoms with Crippen LogP contribution in [0.1, 0.15) is 34.6 Å². The predicted molar refractivity (Wildman–Crippen MR) is 52.3 cm³/mol. The van der Waals surface area contributed by atoms with Crippen LogP contribution < -0.4 is 5.73 Å². The molecule has 3 N–H and O–H groups in total. The number of nitrogens with two attached hydrogens (primary N) is 1. The third-order valence-electron chi connectivity index (χ3n) is 2.53.